The standard InChI is InChI=1S/C16H21N3O2/c1-21-12-13-5-4-10-19(11-13)16(20)15-14(6-2-8-17)7-3-9-18-15/h3,7,9,13H,4-5,8,10-12,17H2,1H3. The van der Waals surface area contributed by atoms with Crippen molar-refractivity contribution in [1.82, 2.24) is 9.88 Å². The molecule has 1 amide bonds. The van der Waals surface area contributed by atoms with Gasteiger partial charge in [0.1, 0.15) is 5.69 Å². The van der Waals surface area contributed by atoms with E-state index >= 15 is 0 Å². The number of methoxy groups -OCH3 is 1. The average Bonchev–Trinajstić information content (AvgIpc) is 2.53. The summed E-state index contributed by atoms with van der Waals surface area (Å²) in [7, 11) is 1.69. The van der Waals surface area contributed by atoms with Crippen molar-refractivity contribution in [3.05, 3.63) is 29.6 Å². The fourth-order valence-electron chi connectivity index (χ4n) is 2.59. The van der Waals surface area contributed by atoms with Crippen LogP contribution in [-0.4, -0.2) is 49.1 Å². The van der Waals surface area contributed by atoms with Gasteiger partial charge >= 0.3 is 0 Å². The van der Waals surface area contributed by atoms with Crippen LogP contribution in [0.2, 0.25) is 0 Å². The molecule has 1 fully saturated rings. The number of amides is 1. The highest BCUT2D eigenvalue weighted by atomic mass is 16.5. The molecule has 0 spiro atoms. The molecule has 2 rings (SSSR count). The van der Waals surface area contributed by atoms with Gasteiger partial charge in [0.15, 0.2) is 0 Å². The molecule has 0 bridgehead atoms. The highest BCUT2D eigenvalue weighted by Crippen LogP contribution is 2.19. The number of likely N-dealkylation sites (tertiary alicyclic amines) is 1. The van der Waals surface area contributed by atoms with Crippen molar-refractivity contribution in [2.24, 2.45) is 11.7 Å². The lowest BCUT2D eigenvalue weighted by Crippen LogP contribution is -2.41. The summed E-state index contributed by atoms with van der Waals surface area (Å²) >= 11 is 0. The molecule has 5 nitrogen and oxygen atoms in total. The zero-order valence-corrected chi connectivity index (χ0v) is 12.3. The maximum atomic E-state index is 12.7. The summed E-state index contributed by atoms with van der Waals surface area (Å²) in [6, 6.07) is 3.58. The smallest absolute Gasteiger partial charge is 0.273 e. The molecule has 2 N–H and O–H groups in total. The van der Waals surface area contributed by atoms with Crippen molar-refractivity contribution in [2.45, 2.75) is 12.8 Å². The number of hydrogen-bond acceptors (Lipinski definition) is 4. The zero-order valence-electron chi connectivity index (χ0n) is 12.3. The van der Waals surface area contributed by atoms with Gasteiger partial charge in [-0.2, -0.15) is 0 Å². The van der Waals surface area contributed by atoms with Crippen molar-refractivity contribution in [2.75, 3.05) is 33.4 Å². The Kier molecular flexibility index (Phi) is 5.73. The molecule has 1 aliphatic heterocycles. The molecule has 1 unspecified atom stereocenters. The minimum absolute atomic E-state index is 0.0577. The second-order valence-corrected chi connectivity index (χ2v) is 5.12. The Morgan fingerprint density at radius 3 is 3.24 bits per heavy atom. The van der Waals surface area contributed by atoms with Gasteiger partial charge in [-0.25, -0.2) is 4.98 Å². The molecule has 5 heteroatoms. The zero-order chi connectivity index (χ0) is 15.1. The maximum Gasteiger partial charge on any atom is 0.273 e. The third-order valence-corrected chi connectivity index (χ3v) is 3.54. The first kappa shape index (κ1) is 15.5. The van der Waals surface area contributed by atoms with Crippen molar-refractivity contribution in [3.8, 4) is 11.8 Å². The van der Waals surface area contributed by atoms with Gasteiger partial charge in [0.2, 0.25) is 0 Å². The van der Waals surface area contributed by atoms with Gasteiger partial charge < -0.3 is 15.4 Å². The lowest BCUT2D eigenvalue weighted by Gasteiger charge is -2.32. The number of nitrogens with zero attached hydrogens (tertiary/aromatic N) is 2. The molecule has 21 heavy (non-hydrogen) atoms. The van der Waals surface area contributed by atoms with E-state index < -0.39 is 0 Å². The second kappa shape index (κ2) is 7.77. The molecule has 1 atom stereocenters. The van der Waals surface area contributed by atoms with Crippen LogP contribution in [0.3, 0.4) is 0 Å². The predicted octanol–water partition coefficient (Wildman–Crippen LogP) is 0.890. The van der Waals surface area contributed by atoms with E-state index in [9.17, 15) is 4.79 Å². The molecule has 0 aromatic carbocycles. The Morgan fingerprint density at radius 2 is 2.48 bits per heavy atom. The second-order valence-electron chi connectivity index (χ2n) is 5.12. The molecule has 2 heterocycles. The topological polar surface area (TPSA) is 68.5 Å². The largest absolute Gasteiger partial charge is 0.384 e. The number of nitrogens with two attached hydrogens (primary N) is 1. The first-order valence-electron chi connectivity index (χ1n) is 7.18. The van der Waals surface area contributed by atoms with E-state index in [4.69, 9.17) is 10.5 Å². The number of carbonyl (C=O) groups excluding carboxylic acids is 1. The Morgan fingerprint density at radius 1 is 1.62 bits per heavy atom. The number of carbonyl (C=O) groups is 1. The molecular formula is C16H21N3O2. The summed E-state index contributed by atoms with van der Waals surface area (Å²) in [4.78, 5) is 18.7. The minimum atomic E-state index is -0.0577. The van der Waals surface area contributed by atoms with E-state index in [1.54, 1.807) is 25.4 Å². The Labute approximate surface area is 125 Å². The van der Waals surface area contributed by atoms with Gasteiger partial charge in [0.05, 0.1) is 18.7 Å². The number of piperidine rings is 1. The molecule has 0 radical (unpaired) electrons. The maximum absolute atomic E-state index is 12.7. The van der Waals surface area contributed by atoms with Gasteiger partial charge in [-0.1, -0.05) is 11.8 Å². The molecule has 0 aliphatic carbocycles. The van der Waals surface area contributed by atoms with E-state index in [0.29, 0.717) is 30.3 Å². The number of pyridine rings is 1. The first-order valence-corrected chi connectivity index (χ1v) is 7.18. The van der Waals surface area contributed by atoms with Crippen molar-refractivity contribution < 1.29 is 9.53 Å². The van der Waals surface area contributed by atoms with Crippen LogP contribution in [-0.2, 0) is 4.74 Å². The normalized spacial score (nSPS) is 18.0. The third-order valence-electron chi connectivity index (χ3n) is 3.54. The van der Waals surface area contributed by atoms with E-state index in [0.717, 1.165) is 19.4 Å². The van der Waals surface area contributed by atoms with E-state index in [1.165, 1.54) is 0 Å². The third kappa shape index (κ3) is 4.03. The summed E-state index contributed by atoms with van der Waals surface area (Å²) < 4.78 is 5.20. The quantitative estimate of drug-likeness (QED) is 0.838. The summed E-state index contributed by atoms with van der Waals surface area (Å²) in [6.45, 7) is 2.43. The van der Waals surface area contributed by atoms with E-state index in [2.05, 4.69) is 16.8 Å². The summed E-state index contributed by atoms with van der Waals surface area (Å²) in [6.07, 6.45) is 3.72. The highest BCUT2D eigenvalue weighted by Gasteiger charge is 2.26. The van der Waals surface area contributed by atoms with Crippen molar-refractivity contribution in [1.29, 1.82) is 0 Å². The van der Waals surface area contributed by atoms with Crippen LogP contribution in [0.1, 0.15) is 28.9 Å². The lowest BCUT2D eigenvalue weighted by molar-refractivity contribution is 0.0565. The Hall–Kier alpha value is -1.90. The Bertz CT molecular complexity index is 546. The van der Waals surface area contributed by atoms with E-state index in [1.807, 2.05) is 4.90 Å². The van der Waals surface area contributed by atoms with Crippen molar-refractivity contribution in [3.63, 3.8) is 0 Å². The van der Waals surface area contributed by atoms with E-state index in [-0.39, 0.29) is 12.5 Å². The Balaban J connectivity index is 2.16. The number of aromatic nitrogens is 1. The molecular weight excluding hydrogens is 266 g/mol. The van der Waals surface area contributed by atoms with Gasteiger partial charge in [-0.3, -0.25) is 4.79 Å². The number of rotatable bonds is 3. The van der Waals surface area contributed by atoms with Crippen LogP contribution in [0, 0.1) is 17.8 Å². The summed E-state index contributed by atoms with van der Waals surface area (Å²) in [5, 5.41) is 0. The number of ether oxygens (including phenoxy) is 1. The molecule has 1 aromatic rings. The van der Waals surface area contributed by atoms with Gasteiger partial charge in [-0.15, -0.1) is 0 Å². The molecule has 1 aromatic heterocycles. The first-order chi connectivity index (χ1) is 10.3. The van der Waals surface area contributed by atoms with Crippen LogP contribution < -0.4 is 5.73 Å². The van der Waals surface area contributed by atoms with Crippen molar-refractivity contribution >= 4 is 5.91 Å². The summed E-state index contributed by atoms with van der Waals surface area (Å²) in [5.74, 6) is 6.04. The van der Waals surface area contributed by atoms with Gasteiger partial charge in [-0.05, 0) is 30.9 Å². The monoisotopic (exact) mass is 287 g/mol. The highest BCUT2D eigenvalue weighted by molar-refractivity contribution is 5.94. The predicted molar refractivity (Wildman–Crippen MR) is 80.7 cm³/mol. The van der Waals surface area contributed by atoms with Crippen LogP contribution in [0.15, 0.2) is 18.3 Å². The molecule has 0 saturated carbocycles. The molecule has 1 saturated heterocycles. The van der Waals surface area contributed by atoms with Gasteiger partial charge in [0, 0.05) is 26.4 Å². The van der Waals surface area contributed by atoms with Crippen LogP contribution in [0.4, 0.5) is 0 Å². The minimum Gasteiger partial charge on any atom is -0.384 e. The lowest BCUT2D eigenvalue weighted by atomic mass is 9.98. The molecule has 112 valence electrons. The van der Waals surface area contributed by atoms with Crippen LogP contribution in [0.5, 0.6) is 0 Å². The fourth-order valence-corrected chi connectivity index (χ4v) is 2.59. The average molecular weight is 287 g/mol. The number of hydrogen-bond donors (Lipinski definition) is 1. The SMILES string of the molecule is COCC1CCCN(C(=O)c2ncccc2C#CCN)C1. The van der Waals surface area contributed by atoms with Crippen LogP contribution in [0.25, 0.3) is 0 Å². The fraction of sp³-hybridized carbons (Fsp3) is 0.500. The molecule has 1 aliphatic rings. The van der Waals surface area contributed by atoms with Crippen LogP contribution >= 0.6 is 0 Å². The van der Waals surface area contributed by atoms with Gasteiger partial charge in [0.25, 0.3) is 5.91 Å². The summed E-state index contributed by atoms with van der Waals surface area (Å²) in [5.41, 5.74) is 6.45.